The molecule has 0 saturated heterocycles. The highest BCUT2D eigenvalue weighted by Gasteiger charge is 2.31. The predicted molar refractivity (Wildman–Crippen MR) is 119 cm³/mol. The maximum Gasteiger partial charge on any atom is 0.416 e. The first kappa shape index (κ1) is 25.4. The predicted octanol–water partition coefficient (Wildman–Crippen LogP) is 4.69. The molecule has 5 nitrogen and oxygen atoms in total. The van der Waals surface area contributed by atoms with Crippen molar-refractivity contribution in [1.29, 1.82) is 0 Å². The topological polar surface area (TPSA) is 75.4 Å². The van der Waals surface area contributed by atoms with E-state index in [1.165, 1.54) is 17.0 Å². The van der Waals surface area contributed by atoms with Gasteiger partial charge < -0.3 is 16.0 Å². The van der Waals surface area contributed by atoms with E-state index in [9.17, 15) is 22.8 Å². The number of anilines is 1. The highest BCUT2D eigenvalue weighted by Crippen LogP contribution is 2.32. The van der Waals surface area contributed by atoms with Gasteiger partial charge in [-0.3, -0.25) is 9.59 Å². The first-order valence-corrected chi connectivity index (χ1v) is 10.8. The van der Waals surface area contributed by atoms with Crippen molar-refractivity contribution in [3.8, 4) is 0 Å². The van der Waals surface area contributed by atoms with E-state index in [1.807, 2.05) is 0 Å². The second kappa shape index (κ2) is 12.2. The summed E-state index contributed by atoms with van der Waals surface area (Å²) < 4.78 is 39.6. The van der Waals surface area contributed by atoms with Crippen LogP contribution in [0.2, 0.25) is 0 Å². The number of carbonyl (C=O) groups excluding carboxylic acids is 2. The van der Waals surface area contributed by atoms with Crippen LogP contribution in [-0.2, 0) is 11.0 Å². The number of aryl methyl sites for hydroxylation is 1. The number of nitrogens with zero attached hydrogens (tertiary/aromatic N) is 1. The van der Waals surface area contributed by atoms with Gasteiger partial charge in [0.1, 0.15) is 0 Å². The number of rotatable bonds is 11. The molecule has 0 atom stereocenters. The van der Waals surface area contributed by atoms with Crippen molar-refractivity contribution in [2.45, 2.75) is 45.2 Å². The lowest BCUT2D eigenvalue weighted by Crippen LogP contribution is -2.35. The quantitative estimate of drug-likeness (QED) is 0.489. The van der Waals surface area contributed by atoms with Crippen LogP contribution < -0.4 is 16.0 Å². The molecule has 0 spiro atoms. The number of nitrogens with one attached hydrogen (secondary N) is 1. The van der Waals surface area contributed by atoms with Gasteiger partial charge in [0, 0.05) is 30.8 Å². The second-order valence-electron chi connectivity index (χ2n) is 7.62. The smallest absolute Gasteiger partial charge is 0.356 e. The summed E-state index contributed by atoms with van der Waals surface area (Å²) in [7, 11) is 0. The zero-order valence-corrected chi connectivity index (χ0v) is 18.3. The lowest BCUT2D eigenvalue weighted by molar-refractivity contribution is -0.137. The molecular weight excluding hydrogens is 419 g/mol. The van der Waals surface area contributed by atoms with Crippen molar-refractivity contribution in [3.63, 3.8) is 0 Å². The molecule has 0 unspecified atom stereocenters. The Morgan fingerprint density at radius 1 is 1.00 bits per heavy atom. The molecule has 2 rings (SSSR count). The third-order valence-electron chi connectivity index (χ3n) is 5.09. The van der Waals surface area contributed by atoms with E-state index in [2.05, 4.69) is 5.32 Å². The summed E-state index contributed by atoms with van der Waals surface area (Å²) in [5.41, 5.74) is 5.95. The molecule has 174 valence electrons. The number of hydrogen-bond acceptors (Lipinski definition) is 3. The Labute approximate surface area is 186 Å². The molecular formula is C24H30F3N3O2. The van der Waals surface area contributed by atoms with Crippen molar-refractivity contribution in [2.24, 2.45) is 5.73 Å². The maximum absolute atomic E-state index is 13.2. The van der Waals surface area contributed by atoms with Gasteiger partial charge >= 0.3 is 6.18 Å². The van der Waals surface area contributed by atoms with Gasteiger partial charge in [-0.15, -0.1) is 0 Å². The lowest BCUT2D eigenvalue weighted by atomic mass is 10.1. The van der Waals surface area contributed by atoms with E-state index < -0.39 is 11.7 Å². The third-order valence-corrected chi connectivity index (χ3v) is 5.09. The van der Waals surface area contributed by atoms with Crippen molar-refractivity contribution in [1.82, 2.24) is 5.32 Å². The van der Waals surface area contributed by atoms with Crippen LogP contribution >= 0.6 is 0 Å². The molecule has 2 aromatic rings. The van der Waals surface area contributed by atoms with Crippen LogP contribution in [0.15, 0.2) is 48.5 Å². The van der Waals surface area contributed by atoms with Gasteiger partial charge in [-0.25, -0.2) is 0 Å². The van der Waals surface area contributed by atoms with Gasteiger partial charge in [0.05, 0.1) is 5.56 Å². The molecule has 0 saturated carbocycles. The fraction of sp³-hybridized carbons (Fsp3) is 0.417. The van der Waals surface area contributed by atoms with Gasteiger partial charge in [0.25, 0.3) is 5.91 Å². The van der Waals surface area contributed by atoms with Crippen molar-refractivity contribution in [3.05, 3.63) is 65.2 Å². The number of benzene rings is 2. The van der Waals surface area contributed by atoms with E-state index >= 15 is 0 Å². The fourth-order valence-corrected chi connectivity index (χ4v) is 3.32. The molecule has 0 aliphatic carbocycles. The van der Waals surface area contributed by atoms with Crippen molar-refractivity contribution < 1.29 is 22.8 Å². The molecule has 8 heteroatoms. The molecule has 2 aromatic carbocycles. The summed E-state index contributed by atoms with van der Waals surface area (Å²) >= 11 is 0. The standard InChI is InChI=1S/C24H30F3N3O2/c1-18-9-4-5-12-21(18)23(32)30(20-11-7-10-19(17-20)24(25,26)27)16-8-15-29-22(31)13-3-2-6-14-28/h4-5,7,9-12,17H,2-3,6,8,13-16,28H2,1H3,(H,29,31). The molecule has 0 bridgehead atoms. The number of halogens is 3. The van der Waals surface area contributed by atoms with Crippen LogP contribution in [0.3, 0.4) is 0 Å². The lowest BCUT2D eigenvalue weighted by Gasteiger charge is -2.25. The number of alkyl halides is 3. The summed E-state index contributed by atoms with van der Waals surface area (Å²) in [5.74, 6) is -0.464. The average molecular weight is 450 g/mol. The van der Waals surface area contributed by atoms with Gasteiger partial charge in [0.15, 0.2) is 0 Å². The van der Waals surface area contributed by atoms with Crippen LogP contribution in [0, 0.1) is 6.92 Å². The Morgan fingerprint density at radius 2 is 1.75 bits per heavy atom. The molecule has 0 heterocycles. The van der Waals surface area contributed by atoms with Gasteiger partial charge in [0.2, 0.25) is 5.91 Å². The summed E-state index contributed by atoms with van der Waals surface area (Å²) in [4.78, 5) is 26.5. The SMILES string of the molecule is Cc1ccccc1C(=O)N(CCCNC(=O)CCCCCN)c1cccc(C(F)(F)F)c1. The van der Waals surface area contributed by atoms with E-state index in [1.54, 1.807) is 31.2 Å². The minimum atomic E-state index is -4.51. The molecule has 0 fully saturated rings. The fourth-order valence-electron chi connectivity index (χ4n) is 3.32. The van der Waals surface area contributed by atoms with Crippen LogP contribution in [-0.4, -0.2) is 31.4 Å². The number of amides is 2. The van der Waals surface area contributed by atoms with Crippen LogP contribution in [0.5, 0.6) is 0 Å². The zero-order chi connectivity index (χ0) is 23.6. The molecule has 0 aromatic heterocycles. The summed E-state index contributed by atoms with van der Waals surface area (Å²) in [6.07, 6.45) is -1.18. The average Bonchev–Trinajstić information content (AvgIpc) is 2.76. The molecule has 0 radical (unpaired) electrons. The van der Waals surface area contributed by atoms with Crippen LogP contribution in [0.25, 0.3) is 0 Å². The summed E-state index contributed by atoms with van der Waals surface area (Å²) in [6, 6.07) is 11.7. The maximum atomic E-state index is 13.2. The summed E-state index contributed by atoms with van der Waals surface area (Å²) in [5, 5.41) is 2.80. The molecule has 2 amide bonds. The summed E-state index contributed by atoms with van der Waals surface area (Å²) in [6.45, 7) is 2.87. The second-order valence-corrected chi connectivity index (χ2v) is 7.62. The van der Waals surface area contributed by atoms with E-state index in [0.717, 1.165) is 37.0 Å². The Kier molecular flexibility index (Phi) is 9.71. The van der Waals surface area contributed by atoms with Crippen LogP contribution in [0.4, 0.5) is 18.9 Å². The Bertz CT molecular complexity index is 900. The molecule has 0 aliphatic rings. The first-order valence-electron chi connectivity index (χ1n) is 10.8. The van der Waals surface area contributed by atoms with E-state index in [-0.39, 0.29) is 24.0 Å². The molecule has 3 N–H and O–H groups in total. The highest BCUT2D eigenvalue weighted by molar-refractivity contribution is 6.07. The normalized spacial score (nSPS) is 11.3. The third kappa shape index (κ3) is 7.67. The van der Waals surface area contributed by atoms with Gasteiger partial charge in [-0.2, -0.15) is 13.2 Å². The van der Waals surface area contributed by atoms with E-state index in [0.29, 0.717) is 31.5 Å². The van der Waals surface area contributed by atoms with Crippen molar-refractivity contribution >= 4 is 17.5 Å². The highest BCUT2D eigenvalue weighted by atomic mass is 19.4. The Hall–Kier alpha value is -2.87. The number of unbranched alkanes of at least 4 members (excludes halogenated alkanes) is 2. The number of hydrogen-bond donors (Lipinski definition) is 2. The van der Waals surface area contributed by atoms with Gasteiger partial charge in [-0.1, -0.05) is 30.7 Å². The zero-order valence-electron chi connectivity index (χ0n) is 18.3. The minimum Gasteiger partial charge on any atom is -0.356 e. The van der Waals surface area contributed by atoms with Gasteiger partial charge in [-0.05, 0) is 62.6 Å². The van der Waals surface area contributed by atoms with Crippen LogP contribution in [0.1, 0.15) is 53.6 Å². The molecule has 0 aliphatic heterocycles. The van der Waals surface area contributed by atoms with E-state index in [4.69, 9.17) is 5.73 Å². The number of carbonyl (C=O) groups is 2. The first-order chi connectivity index (χ1) is 15.2. The minimum absolute atomic E-state index is 0.0853. The Morgan fingerprint density at radius 3 is 2.44 bits per heavy atom. The largest absolute Gasteiger partial charge is 0.416 e. The molecule has 32 heavy (non-hydrogen) atoms. The van der Waals surface area contributed by atoms with Crippen molar-refractivity contribution in [2.75, 3.05) is 24.5 Å². The number of nitrogens with two attached hydrogens (primary N) is 1. The Balaban J connectivity index is 2.10. The monoisotopic (exact) mass is 449 g/mol.